The minimum absolute atomic E-state index is 0.00361. The van der Waals surface area contributed by atoms with Gasteiger partial charge in [-0.1, -0.05) is 36.6 Å². The van der Waals surface area contributed by atoms with Crippen LogP contribution in [0.15, 0.2) is 30.5 Å². The number of hydrogen-bond acceptors (Lipinski definition) is 4. The van der Waals surface area contributed by atoms with Gasteiger partial charge in [0.1, 0.15) is 12.4 Å². The van der Waals surface area contributed by atoms with Gasteiger partial charge in [0, 0.05) is 26.2 Å². The zero-order chi connectivity index (χ0) is 20.2. The SMILES string of the molecule is O=C1CN(C(=O)c2cn(CC3CCCCC3)nn2)CCN1Cc1cccc(F)c1. The average molecular weight is 399 g/mol. The lowest BCUT2D eigenvalue weighted by molar-refractivity contribution is -0.135. The number of hydrogen-bond donors (Lipinski definition) is 0. The molecule has 2 aromatic rings. The van der Waals surface area contributed by atoms with Gasteiger partial charge in [-0.25, -0.2) is 4.39 Å². The van der Waals surface area contributed by atoms with Crippen LogP contribution in [0.3, 0.4) is 0 Å². The predicted octanol–water partition coefficient (Wildman–Crippen LogP) is 2.48. The summed E-state index contributed by atoms with van der Waals surface area (Å²) in [7, 11) is 0. The van der Waals surface area contributed by atoms with Gasteiger partial charge in [-0.15, -0.1) is 5.10 Å². The molecular formula is C21H26FN5O2. The van der Waals surface area contributed by atoms with E-state index in [0.717, 1.165) is 12.1 Å². The third-order valence-corrected chi connectivity index (χ3v) is 5.80. The molecule has 0 atom stereocenters. The van der Waals surface area contributed by atoms with E-state index in [9.17, 15) is 14.0 Å². The van der Waals surface area contributed by atoms with Crippen LogP contribution in [-0.4, -0.2) is 56.2 Å². The number of nitrogens with zero attached hydrogens (tertiary/aromatic N) is 5. The molecule has 4 rings (SSSR count). The van der Waals surface area contributed by atoms with Crippen molar-refractivity contribution in [1.82, 2.24) is 24.8 Å². The van der Waals surface area contributed by atoms with E-state index in [1.54, 1.807) is 27.9 Å². The Labute approximate surface area is 169 Å². The zero-order valence-corrected chi connectivity index (χ0v) is 16.5. The molecule has 7 nitrogen and oxygen atoms in total. The number of halogens is 1. The molecule has 1 aliphatic carbocycles. The lowest BCUT2D eigenvalue weighted by Gasteiger charge is -2.34. The first kappa shape index (κ1) is 19.5. The number of amides is 2. The molecule has 1 saturated carbocycles. The monoisotopic (exact) mass is 399 g/mol. The van der Waals surface area contributed by atoms with E-state index < -0.39 is 0 Å². The molecule has 8 heteroatoms. The first-order chi connectivity index (χ1) is 14.1. The fourth-order valence-electron chi connectivity index (χ4n) is 4.19. The molecule has 1 aromatic heterocycles. The average Bonchev–Trinajstić information content (AvgIpc) is 3.18. The lowest BCUT2D eigenvalue weighted by Crippen LogP contribution is -2.51. The summed E-state index contributed by atoms with van der Waals surface area (Å²) in [6.45, 7) is 1.98. The summed E-state index contributed by atoms with van der Waals surface area (Å²) < 4.78 is 15.1. The second-order valence-corrected chi connectivity index (χ2v) is 8.00. The van der Waals surface area contributed by atoms with Crippen LogP contribution >= 0.6 is 0 Å². The molecule has 0 radical (unpaired) electrons. The van der Waals surface area contributed by atoms with Gasteiger partial charge in [0.05, 0.1) is 6.20 Å². The summed E-state index contributed by atoms with van der Waals surface area (Å²) >= 11 is 0. The smallest absolute Gasteiger partial charge is 0.276 e. The summed E-state index contributed by atoms with van der Waals surface area (Å²) in [4.78, 5) is 28.4. The topological polar surface area (TPSA) is 71.3 Å². The quantitative estimate of drug-likeness (QED) is 0.775. The summed E-state index contributed by atoms with van der Waals surface area (Å²) in [5, 5.41) is 8.15. The maximum absolute atomic E-state index is 13.4. The molecule has 154 valence electrons. The molecule has 0 N–H and O–H groups in total. The van der Waals surface area contributed by atoms with Gasteiger partial charge in [-0.05, 0) is 36.5 Å². The van der Waals surface area contributed by atoms with Gasteiger partial charge in [0.2, 0.25) is 5.91 Å². The van der Waals surface area contributed by atoms with Crippen molar-refractivity contribution in [2.75, 3.05) is 19.6 Å². The highest BCUT2D eigenvalue weighted by Gasteiger charge is 2.29. The molecule has 1 saturated heterocycles. The van der Waals surface area contributed by atoms with Crippen molar-refractivity contribution in [1.29, 1.82) is 0 Å². The largest absolute Gasteiger partial charge is 0.335 e. The van der Waals surface area contributed by atoms with Crippen LogP contribution in [0.1, 0.15) is 48.2 Å². The molecule has 29 heavy (non-hydrogen) atoms. The molecule has 0 unspecified atom stereocenters. The third-order valence-electron chi connectivity index (χ3n) is 5.80. The van der Waals surface area contributed by atoms with Crippen LogP contribution in [0.5, 0.6) is 0 Å². The molecule has 0 spiro atoms. The highest BCUT2D eigenvalue weighted by Crippen LogP contribution is 2.24. The third kappa shape index (κ3) is 4.81. The minimum atomic E-state index is -0.319. The van der Waals surface area contributed by atoms with Gasteiger partial charge in [0.25, 0.3) is 5.91 Å². The van der Waals surface area contributed by atoms with Gasteiger partial charge in [-0.2, -0.15) is 0 Å². The van der Waals surface area contributed by atoms with Gasteiger partial charge >= 0.3 is 0 Å². The van der Waals surface area contributed by atoms with Crippen LogP contribution in [0, 0.1) is 11.7 Å². The van der Waals surface area contributed by atoms with E-state index in [0.29, 0.717) is 25.6 Å². The fraction of sp³-hybridized carbons (Fsp3) is 0.524. The predicted molar refractivity (Wildman–Crippen MR) is 104 cm³/mol. The Balaban J connectivity index is 1.33. The van der Waals surface area contributed by atoms with Crippen molar-refractivity contribution < 1.29 is 14.0 Å². The second kappa shape index (κ2) is 8.71. The first-order valence-corrected chi connectivity index (χ1v) is 10.3. The summed E-state index contributed by atoms with van der Waals surface area (Å²) in [5.74, 6) is -0.136. The Morgan fingerprint density at radius 3 is 2.76 bits per heavy atom. The Morgan fingerprint density at radius 2 is 2.00 bits per heavy atom. The fourth-order valence-corrected chi connectivity index (χ4v) is 4.19. The van der Waals surface area contributed by atoms with E-state index in [4.69, 9.17) is 0 Å². The highest BCUT2D eigenvalue weighted by molar-refractivity contribution is 5.95. The molecule has 2 aliphatic rings. The number of piperazine rings is 1. The normalized spacial score (nSPS) is 18.3. The van der Waals surface area contributed by atoms with Crippen molar-refractivity contribution in [3.05, 3.63) is 47.5 Å². The summed E-state index contributed by atoms with van der Waals surface area (Å²) in [6.07, 6.45) is 7.91. The maximum Gasteiger partial charge on any atom is 0.276 e. The number of aromatic nitrogens is 3. The van der Waals surface area contributed by atoms with Crippen LogP contribution in [0.4, 0.5) is 4.39 Å². The van der Waals surface area contributed by atoms with Crippen LogP contribution in [0.25, 0.3) is 0 Å². The molecule has 1 aromatic carbocycles. The number of rotatable bonds is 5. The van der Waals surface area contributed by atoms with Crippen molar-refractivity contribution in [2.24, 2.45) is 5.92 Å². The first-order valence-electron chi connectivity index (χ1n) is 10.3. The lowest BCUT2D eigenvalue weighted by atomic mass is 9.89. The van der Waals surface area contributed by atoms with E-state index >= 15 is 0 Å². The van der Waals surface area contributed by atoms with E-state index in [1.165, 1.54) is 49.1 Å². The zero-order valence-electron chi connectivity index (χ0n) is 16.5. The number of carbonyl (C=O) groups is 2. The van der Waals surface area contributed by atoms with Crippen LogP contribution < -0.4 is 0 Å². The standard InChI is InChI=1S/C21H26FN5O2/c22-18-8-4-7-17(11-18)12-25-9-10-26(15-20(25)28)21(29)19-14-27(24-23-19)13-16-5-2-1-3-6-16/h4,7-8,11,14,16H,1-3,5-6,9-10,12-13,15H2. The highest BCUT2D eigenvalue weighted by atomic mass is 19.1. The molecular weight excluding hydrogens is 373 g/mol. The van der Waals surface area contributed by atoms with Gasteiger partial charge in [-0.3, -0.25) is 14.3 Å². The van der Waals surface area contributed by atoms with Gasteiger partial charge in [0.15, 0.2) is 5.69 Å². The Morgan fingerprint density at radius 1 is 1.17 bits per heavy atom. The van der Waals surface area contributed by atoms with Crippen molar-refractivity contribution in [2.45, 2.75) is 45.2 Å². The molecule has 2 fully saturated rings. The second-order valence-electron chi connectivity index (χ2n) is 8.00. The minimum Gasteiger partial charge on any atom is -0.335 e. The Kier molecular flexibility index (Phi) is 5.87. The van der Waals surface area contributed by atoms with Crippen molar-refractivity contribution >= 4 is 11.8 Å². The molecule has 2 amide bonds. The van der Waals surface area contributed by atoms with E-state index in [1.807, 2.05) is 0 Å². The number of benzene rings is 1. The van der Waals surface area contributed by atoms with E-state index in [2.05, 4.69) is 10.3 Å². The molecule has 0 bridgehead atoms. The number of carbonyl (C=O) groups excluding carboxylic acids is 2. The van der Waals surface area contributed by atoms with Crippen LogP contribution in [-0.2, 0) is 17.9 Å². The molecule has 2 heterocycles. The van der Waals surface area contributed by atoms with E-state index in [-0.39, 0.29) is 29.9 Å². The maximum atomic E-state index is 13.4. The van der Waals surface area contributed by atoms with Crippen molar-refractivity contribution in [3.8, 4) is 0 Å². The Hall–Kier alpha value is -2.77. The summed E-state index contributed by atoms with van der Waals surface area (Å²) in [6, 6.07) is 6.23. The van der Waals surface area contributed by atoms with Crippen molar-refractivity contribution in [3.63, 3.8) is 0 Å². The Bertz CT molecular complexity index is 877. The summed E-state index contributed by atoms with van der Waals surface area (Å²) in [5.41, 5.74) is 1.02. The van der Waals surface area contributed by atoms with Crippen LogP contribution in [0.2, 0.25) is 0 Å². The molecule has 1 aliphatic heterocycles. The van der Waals surface area contributed by atoms with Gasteiger partial charge < -0.3 is 9.80 Å².